The van der Waals surface area contributed by atoms with Crippen molar-refractivity contribution in [3.63, 3.8) is 0 Å². The van der Waals surface area contributed by atoms with E-state index in [1.54, 1.807) is 12.1 Å². The van der Waals surface area contributed by atoms with E-state index < -0.39 is 0 Å². The fraction of sp³-hybridized carbons (Fsp3) is 0.278. The van der Waals surface area contributed by atoms with Crippen LogP contribution in [-0.2, 0) is 17.6 Å². The van der Waals surface area contributed by atoms with Gasteiger partial charge in [0.15, 0.2) is 0 Å². The predicted molar refractivity (Wildman–Crippen MR) is 82.7 cm³/mol. The molecular weight excluding hydrogens is 265 g/mol. The summed E-state index contributed by atoms with van der Waals surface area (Å²) in [4.78, 5) is 11.9. The average molecular weight is 285 g/mol. The summed E-state index contributed by atoms with van der Waals surface area (Å²) in [6.45, 7) is 4.67. The second kappa shape index (κ2) is 7.02. The van der Waals surface area contributed by atoms with Crippen LogP contribution in [-0.4, -0.2) is 12.5 Å². The highest BCUT2D eigenvalue weighted by Crippen LogP contribution is 2.10. The van der Waals surface area contributed by atoms with E-state index in [4.69, 9.17) is 0 Å². The van der Waals surface area contributed by atoms with Crippen molar-refractivity contribution in [3.8, 4) is 0 Å². The Morgan fingerprint density at radius 3 is 2.33 bits per heavy atom. The van der Waals surface area contributed by atoms with Crippen LogP contribution >= 0.6 is 0 Å². The van der Waals surface area contributed by atoms with Crippen molar-refractivity contribution in [3.05, 3.63) is 70.5 Å². The smallest absolute Gasteiger partial charge is 0.224 e. The summed E-state index contributed by atoms with van der Waals surface area (Å²) in [5.41, 5.74) is 4.47. The Kier molecular flexibility index (Phi) is 5.09. The fourth-order valence-corrected chi connectivity index (χ4v) is 2.16. The fourth-order valence-electron chi connectivity index (χ4n) is 2.16. The molecule has 2 aromatic carbocycles. The van der Waals surface area contributed by atoms with Gasteiger partial charge >= 0.3 is 0 Å². The molecule has 0 unspecified atom stereocenters. The summed E-state index contributed by atoms with van der Waals surface area (Å²) in [5, 5.41) is 2.90. The standard InChI is InChI=1S/C18H20FNO/c1-13-3-4-16(11-14(13)2)12-18(21)20-10-9-15-5-7-17(19)8-6-15/h3-8,11H,9-10,12H2,1-2H3,(H,20,21). The van der Waals surface area contributed by atoms with Crippen molar-refractivity contribution in [1.29, 1.82) is 0 Å². The number of benzene rings is 2. The molecule has 2 aromatic rings. The first-order valence-corrected chi connectivity index (χ1v) is 7.12. The maximum atomic E-state index is 12.8. The summed E-state index contributed by atoms with van der Waals surface area (Å²) in [6.07, 6.45) is 1.10. The van der Waals surface area contributed by atoms with Gasteiger partial charge in [0.25, 0.3) is 0 Å². The van der Waals surface area contributed by atoms with Gasteiger partial charge in [0.1, 0.15) is 5.82 Å². The van der Waals surface area contributed by atoms with Crippen LogP contribution in [0.5, 0.6) is 0 Å². The summed E-state index contributed by atoms with van der Waals surface area (Å²) in [7, 11) is 0. The molecule has 0 radical (unpaired) electrons. The lowest BCUT2D eigenvalue weighted by Gasteiger charge is -2.07. The van der Waals surface area contributed by atoms with E-state index >= 15 is 0 Å². The van der Waals surface area contributed by atoms with Gasteiger partial charge in [-0.1, -0.05) is 30.3 Å². The van der Waals surface area contributed by atoms with Crippen molar-refractivity contribution in [1.82, 2.24) is 5.32 Å². The van der Waals surface area contributed by atoms with Gasteiger partial charge in [-0.05, 0) is 54.7 Å². The molecule has 0 heterocycles. The van der Waals surface area contributed by atoms with Gasteiger partial charge in [-0.3, -0.25) is 4.79 Å². The molecule has 0 aliphatic carbocycles. The maximum absolute atomic E-state index is 12.8. The number of hydrogen-bond acceptors (Lipinski definition) is 1. The molecular formula is C18H20FNO. The van der Waals surface area contributed by atoms with Gasteiger partial charge in [-0.25, -0.2) is 4.39 Å². The third kappa shape index (κ3) is 4.71. The molecule has 1 N–H and O–H groups in total. The van der Waals surface area contributed by atoms with Crippen molar-refractivity contribution in [2.24, 2.45) is 0 Å². The molecule has 0 aliphatic rings. The molecule has 0 aliphatic heterocycles. The van der Waals surface area contributed by atoms with Gasteiger partial charge in [-0.15, -0.1) is 0 Å². The van der Waals surface area contributed by atoms with Crippen LogP contribution in [0.4, 0.5) is 4.39 Å². The molecule has 0 saturated carbocycles. The molecule has 1 amide bonds. The Balaban J connectivity index is 1.79. The zero-order valence-corrected chi connectivity index (χ0v) is 12.4. The minimum absolute atomic E-state index is 0.0142. The van der Waals surface area contributed by atoms with Crippen molar-refractivity contribution in [2.75, 3.05) is 6.54 Å². The van der Waals surface area contributed by atoms with Gasteiger partial charge in [0, 0.05) is 6.54 Å². The zero-order valence-electron chi connectivity index (χ0n) is 12.4. The normalized spacial score (nSPS) is 10.4. The lowest BCUT2D eigenvalue weighted by atomic mass is 10.0. The highest BCUT2D eigenvalue weighted by atomic mass is 19.1. The molecule has 0 atom stereocenters. The van der Waals surface area contributed by atoms with Crippen LogP contribution in [0.15, 0.2) is 42.5 Å². The molecule has 3 heteroatoms. The number of hydrogen-bond donors (Lipinski definition) is 1. The summed E-state index contributed by atoms with van der Waals surface area (Å²) in [5.74, 6) is -0.224. The van der Waals surface area contributed by atoms with Crippen LogP contribution in [0.1, 0.15) is 22.3 Å². The van der Waals surface area contributed by atoms with Crippen LogP contribution < -0.4 is 5.32 Å². The third-order valence-electron chi connectivity index (χ3n) is 3.59. The first-order chi connectivity index (χ1) is 10.0. The lowest BCUT2D eigenvalue weighted by Crippen LogP contribution is -2.27. The van der Waals surface area contributed by atoms with E-state index in [2.05, 4.69) is 18.3 Å². The van der Waals surface area contributed by atoms with Crippen molar-refractivity contribution in [2.45, 2.75) is 26.7 Å². The number of aryl methyl sites for hydroxylation is 2. The minimum Gasteiger partial charge on any atom is -0.355 e. The first-order valence-electron chi connectivity index (χ1n) is 7.12. The first kappa shape index (κ1) is 15.2. The van der Waals surface area contributed by atoms with E-state index in [9.17, 15) is 9.18 Å². The number of nitrogens with one attached hydrogen (secondary N) is 1. The van der Waals surface area contributed by atoms with E-state index in [1.807, 2.05) is 19.1 Å². The predicted octanol–water partition coefficient (Wildman–Crippen LogP) is 3.34. The maximum Gasteiger partial charge on any atom is 0.224 e. The molecule has 0 fully saturated rings. The van der Waals surface area contributed by atoms with E-state index in [0.717, 1.165) is 11.1 Å². The number of rotatable bonds is 5. The molecule has 0 bridgehead atoms. The molecule has 0 spiro atoms. The Morgan fingerprint density at radius 1 is 1.00 bits per heavy atom. The second-order valence-corrected chi connectivity index (χ2v) is 5.32. The number of carbonyl (C=O) groups is 1. The van der Waals surface area contributed by atoms with E-state index in [-0.39, 0.29) is 11.7 Å². The number of halogens is 1. The highest BCUT2D eigenvalue weighted by molar-refractivity contribution is 5.78. The Bertz CT molecular complexity index is 620. The third-order valence-corrected chi connectivity index (χ3v) is 3.59. The van der Waals surface area contributed by atoms with Crippen molar-refractivity contribution < 1.29 is 9.18 Å². The van der Waals surface area contributed by atoms with Crippen LogP contribution in [0.2, 0.25) is 0 Å². The van der Waals surface area contributed by atoms with Gasteiger partial charge in [-0.2, -0.15) is 0 Å². The highest BCUT2D eigenvalue weighted by Gasteiger charge is 2.04. The van der Waals surface area contributed by atoms with Crippen LogP contribution in [0.25, 0.3) is 0 Å². The zero-order chi connectivity index (χ0) is 15.2. The molecule has 0 aromatic heterocycles. The minimum atomic E-state index is -0.238. The van der Waals surface area contributed by atoms with Crippen LogP contribution in [0.3, 0.4) is 0 Å². The molecule has 2 rings (SSSR count). The number of amides is 1. The molecule has 0 saturated heterocycles. The quantitative estimate of drug-likeness (QED) is 0.897. The van der Waals surface area contributed by atoms with Gasteiger partial charge < -0.3 is 5.32 Å². The van der Waals surface area contributed by atoms with E-state index in [1.165, 1.54) is 23.3 Å². The molecule has 21 heavy (non-hydrogen) atoms. The Hall–Kier alpha value is -2.16. The lowest BCUT2D eigenvalue weighted by molar-refractivity contribution is -0.120. The van der Waals surface area contributed by atoms with Crippen LogP contribution in [0, 0.1) is 19.7 Å². The number of carbonyl (C=O) groups excluding carboxylic acids is 1. The molecule has 2 nitrogen and oxygen atoms in total. The molecule has 110 valence electrons. The van der Waals surface area contributed by atoms with Crippen molar-refractivity contribution >= 4 is 5.91 Å². The van der Waals surface area contributed by atoms with Gasteiger partial charge in [0.05, 0.1) is 6.42 Å². The van der Waals surface area contributed by atoms with E-state index in [0.29, 0.717) is 19.4 Å². The van der Waals surface area contributed by atoms with Gasteiger partial charge in [0.2, 0.25) is 5.91 Å². The SMILES string of the molecule is Cc1ccc(CC(=O)NCCc2ccc(F)cc2)cc1C. The Labute approximate surface area is 125 Å². The summed E-state index contributed by atoms with van der Waals surface area (Å²) >= 11 is 0. The second-order valence-electron chi connectivity index (χ2n) is 5.32. The summed E-state index contributed by atoms with van der Waals surface area (Å²) < 4.78 is 12.8. The monoisotopic (exact) mass is 285 g/mol. The topological polar surface area (TPSA) is 29.1 Å². The Morgan fingerprint density at radius 2 is 1.67 bits per heavy atom. The average Bonchev–Trinajstić information content (AvgIpc) is 2.45. The largest absolute Gasteiger partial charge is 0.355 e. The summed E-state index contributed by atoms with van der Waals surface area (Å²) in [6, 6.07) is 12.4.